The molecule has 2 aromatic rings. The molecule has 2 rings (SSSR count). The van der Waals surface area contributed by atoms with Crippen LogP contribution in [0.5, 0.6) is 0 Å². The summed E-state index contributed by atoms with van der Waals surface area (Å²) in [4.78, 5) is 10.8. The minimum atomic E-state index is -3.94. The van der Waals surface area contributed by atoms with Crippen molar-refractivity contribution in [1.29, 1.82) is 0 Å². The molecule has 0 aliphatic heterocycles. The van der Waals surface area contributed by atoms with E-state index in [-0.39, 0.29) is 47.2 Å². The molecule has 0 aliphatic rings. The van der Waals surface area contributed by atoms with E-state index >= 15 is 0 Å². The maximum atomic E-state index is 13.8. The van der Waals surface area contributed by atoms with Crippen LogP contribution in [0.4, 0.5) is 4.39 Å². The lowest BCUT2D eigenvalue weighted by molar-refractivity contribution is -0.136. The summed E-state index contributed by atoms with van der Waals surface area (Å²) in [5.41, 5.74) is 0.837. The van der Waals surface area contributed by atoms with Gasteiger partial charge in [-0.25, -0.2) is 12.8 Å². The summed E-state index contributed by atoms with van der Waals surface area (Å²) in [7, 11) is -2.57. The summed E-state index contributed by atoms with van der Waals surface area (Å²) < 4.78 is 40.8. The molecule has 35 heavy (non-hydrogen) atoms. The third-order valence-electron chi connectivity index (χ3n) is 5.76. The van der Waals surface area contributed by atoms with Gasteiger partial charge in [0.2, 0.25) is 10.0 Å². The molecule has 0 aromatic heterocycles. The number of likely N-dealkylation sites (N-methyl/N-ethyl adjacent to an activating group) is 1. The van der Waals surface area contributed by atoms with Gasteiger partial charge in [-0.05, 0) is 74.9 Å². The van der Waals surface area contributed by atoms with E-state index in [4.69, 9.17) is 16.7 Å². The first-order chi connectivity index (χ1) is 16.3. The minimum absolute atomic E-state index is 0.0541. The molecule has 10 heteroatoms. The SMILES string of the molecule is CN(C[C@H](O)CNC(C)(C)CCCc1ccccc1F)S(=O)(=O)c1cc(Cl)cc(CCC(=O)O)c1. The Balaban J connectivity index is 1.90. The van der Waals surface area contributed by atoms with Gasteiger partial charge in [0.25, 0.3) is 0 Å². The number of halogens is 2. The molecule has 0 amide bonds. The van der Waals surface area contributed by atoms with E-state index in [1.807, 2.05) is 19.9 Å². The molecule has 0 saturated heterocycles. The summed E-state index contributed by atoms with van der Waals surface area (Å²) in [5.74, 6) is -1.20. The van der Waals surface area contributed by atoms with Crippen LogP contribution < -0.4 is 5.32 Å². The molecule has 0 saturated carbocycles. The average Bonchev–Trinajstić information content (AvgIpc) is 2.77. The number of aliphatic hydroxyl groups excluding tert-OH is 1. The summed E-state index contributed by atoms with van der Waals surface area (Å²) in [5, 5.41) is 22.8. The number of carbonyl (C=O) groups is 1. The number of carboxylic acid groups (broad SMARTS) is 1. The van der Waals surface area contributed by atoms with Crippen molar-refractivity contribution in [3.05, 3.63) is 64.4 Å². The van der Waals surface area contributed by atoms with Crippen LogP contribution in [0, 0.1) is 5.82 Å². The number of sulfonamides is 1. The van der Waals surface area contributed by atoms with Crippen LogP contribution in [0.25, 0.3) is 0 Å². The highest BCUT2D eigenvalue weighted by Gasteiger charge is 2.25. The van der Waals surface area contributed by atoms with Gasteiger partial charge in [0, 0.05) is 37.1 Å². The van der Waals surface area contributed by atoms with Crippen molar-refractivity contribution in [2.24, 2.45) is 0 Å². The quantitative estimate of drug-likeness (QED) is 0.343. The molecule has 2 aromatic carbocycles. The standard InChI is InChI=1S/C25H34ClFN2O5S/c1-25(2,12-6-8-19-7-4-5-9-23(19)27)28-16-21(30)17-29(3)35(33,34)22-14-18(10-11-24(31)32)13-20(26)15-22/h4-5,7,9,13-15,21,28,30H,6,8,10-12,16-17H2,1-3H3,(H,31,32)/t21-/m1/s1. The first-order valence-corrected chi connectivity index (χ1v) is 13.3. The average molecular weight is 529 g/mol. The van der Waals surface area contributed by atoms with Crippen molar-refractivity contribution >= 4 is 27.6 Å². The van der Waals surface area contributed by atoms with Crippen LogP contribution in [-0.4, -0.2) is 60.7 Å². The number of aliphatic hydroxyl groups is 1. The molecule has 194 valence electrons. The number of aliphatic carboxylic acids is 1. The third-order valence-corrected chi connectivity index (χ3v) is 7.78. The summed E-state index contributed by atoms with van der Waals surface area (Å²) in [6.45, 7) is 3.99. The van der Waals surface area contributed by atoms with Gasteiger partial charge in [0.05, 0.1) is 11.0 Å². The number of β-amino-alcohol motifs (C(OH)–C–C–N with tert-alkyl or cyclic N) is 1. The fourth-order valence-corrected chi connectivity index (χ4v) is 5.34. The van der Waals surface area contributed by atoms with Crippen molar-refractivity contribution in [2.75, 3.05) is 20.1 Å². The zero-order valence-electron chi connectivity index (χ0n) is 20.3. The molecular formula is C25H34ClFN2O5S. The van der Waals surface area contributed by atoms with Crippen LogP contribution in [-0.2, 0) is 27.7 Å². The van der Waals surface area contributed by atoms with Gasteiger partial charge in [-0.2, -0.15) is 4.31 Å². The van der Waals surface area contributed by atoms with Crippen LogP contribution in [0.1, 0.15) is 44.2 Å². The number of aryl methyl sites for hydroxylation is 2. The van der Waals surface area contributed by atoms with Gasteiger partial charge in [-0.3, -0.25) is 4.79 Å². The maximum Gasteiger partial charge on any atom is 0.303 e. The highest BCUT2D eigenvalue weighted by atomic mass is 35.5. The second-order valence-corrected chi connectivity index (χ2v) is 11.8. The zero-order chi connectivity index (χ0) is 26.2. The maximum absolute atomic E-state index is 13.8. The fraction of sp³-hybridized carbons (Fsp3) is 0.480. The van der Waals surface area contributed by atoms with Gasteiger partial charge in [0.15, 0.2) is 0 Å². The fourth-order valence-electron chi connectivity index (χ4n) is 3.71. The van der Waals surface area contributed by atoms with E-state index in [9.17, 15) is 22.7 Å². The van der Waals surface area contributed by atoms with Crippen molar-refractivity contribution in [1.82, 2.24) is 9.62 Å². The molecule has 3 N–H and O–H groups in total. The third kappa shape index (κ3) is 9.50. The van der Waals surface area contributed by atoms with Crippen LogP contribution in [0.3, 0.4) is 0 Å². The Hall–Kier alpha value is -2.04. The predicted octanol–water partition coefficient (Wildman–Crippen LogP) is 3.87. The highest BCUT2D eigenvalue weighted by molar-refractivity contribution is 7.89. The molecule has 0 aliphatic carbocycles. The van der Waals surface area contributed by atoms with E-state index in [1.54, 1.807) is 12.1 Å². The number of hydrogen-bond donors (Lipinski definition) is 3. The number of hydrogen-bond acceptors (Lipinski definition) is 5. The zero-order valence-corrected chi connectivity index (χ0v) is 21.9. The van der Waals surface area contributed by atoms with Gasteiger partial charge >= 0.3 is 5.97 Å². The molecule has 7 nitrogen and oxygen atoms in total. The Morgan fingerprint density at radius 1 is 1.20 bits per heavy atom. The summed E-state index contributed by atoms with van der Waals surface area (Å²) >= 11 is 6.06. The molecule has 0 bridgehead atoms. The number of nitrogens with one attached hydrogen (secondary N) is 1. The molecule has 1 atom stereocenters. The Labute approximate surface area is 212 Å². The van der Waals surface area contributed by atoms with Crippen LogP contribution in [0.15, 0.2) is 47.4 Å². The van der Waals surface area contributed by atoms with E-state index in [1.165, 1.54) is 31.3 Å². The van der Waals surface area contributed by atoms with E-state index < -0.39 is 22.1 Å². The molecule has 0 radical (unpaired) electrons. The van der Waals surface area contributed by atoms with Crippen molar-refractivity contribution in [3.8, 4) is 0 Å². The normalized spacial score (nSPS) is 13.2. The van der Waals surface area contributed by atoms with E-state index in [0.717, 1.165) is 17.1 Å². The second kappa shape index (κ2) is 12.8. The monoisotopic (exact) mass is 528 g/mol. The number of carboxylic acids is 1. The summed E-state index contributed by atoms with van der Waals surface area (Å²) in [6.07, 6.45) is 1.15. The van der Waals surface area contributed by atoms with Crippen molar-refractivity contribution < 1.29 is 27.8 Å². The van der Waals surface area contributed by atoms with Gasteiger partial charge < -0.3 is 15.5 Å². The lowest BCUT2D eigenvalue weighted by Crippen LogP contribution is -2.46. The lowest BCUT2D eigenvalue weighted by Gasteiger charge is -2.29. The first-order valence-electron chi connectivity index (χ1n) is 11.4. The second-order valence-electron chi connectivity index (χ2n) is 9.34. The van der Waals surface area contributed by atoms with E-state index in [0.29, 0.717) is 17.5 Å². The predicted molar refractivity (Wildman–Crippen MR) is 135 cm³/mol. The first kappa shape index (κ1) is 29.2. The van der Waals surface area contributed by atoms with Crippen molar-refractivity contribution in [3.63, 3.8) is 0 Å². The molecule has 0 spiro atoms. The van der Waals surface area contributed by atoms with Crippen LogP contribution >= 0.6 is 11.6 Å². The topological polar surface area (TPSA) is 107 Å². The van der Waals surface area contributed by atoms with Crippen molar-refractivity contribution in [2.45, 2.75) is 62.5 Å². The molecule has 0 fully saturated rings. The van der Waals surface area contributed by atoms with Gasteiger partial charge in [-0.15, -0.1) is 0 Å². The highest BCUT2D eigenvalue weighted by Crippen LogP contribution is 2.23. The largest absolute Gasteiger partial charge is 0.481 e. The Kier molecular flexibility index (Phi) is 10.7. The van der Waals surface area contributed by atoms with Crippen LogP contribution in [0.2, 0.25) is 5.02 Å². The Bertz CT molecular complexity index is 1110. The minimum Gasteiger partial charge on any atom is -0.481 e. The lowest BCUT2D eigenvalue weighted by atomic mass is 9.95. The summed E-state index contributed by atoms with van der Waals surface area (Å²) in [6, 6.07) is 10.9. The number of benzene rings is 2. The Morgan fingerprint density at radius 2 is 1.89 bits per heavy atom. The Morgan fingerprint density at radius 3 is 2.54 bits per heavy atom. The van der Waals surface area contributed by atoms with E-state index in [2.05, 4.69) is 5.32 Å². The molecule has 0 heterocycles. The molecule has 0 unspecified atom stereocenters. The number of rotatable bonds is 14. The number of nitrogens with zero attached hydrogens (tertiary/aromatic N) is 1. The van der Waals surface area contributed by atoms with Gasteiger partial charge in [-0.1, -0.05) is 29.8 Å². The smallest absolute Gasteiger partial charge is 0.303 e. The molecular weight excluding hydrogens is 495 g/mol. The van der Waals surface area contributed by atoms with Gasteiger partial charge in [0.1, 0.15) is 5.82 Å².